The largest absolute Gasteiger partial charge is 0.486 e. The molecule has 1 fully saturated rings. The first kappa shape index (κ1) is 20.0. The number of morpholine rings is 1. The molecule has 6 nitrogen and oxygen atoms in total. The summed E-state index contributed by atoms with van der Waals surface area (Å²) in [7, 11) is 0. The van der Waals surface area contributed by atoms with Crippen molar-refractivity contribution in [3.8, 4) is 11.5 Å². The van der Waals surface area contributed by atoms with Crippen molar-refractivity contribution in [2.75, 3.05) is 31.6 Å². The second-order valence-electron chi connectivity index (χ2n) is 7.58. The molecule has 7 heteroatoms. The molecule has 0 radical (unpaired) electrons. The molecule has 2 atom stereocenters. The van der Waals surface area contributed by atoms with Crippen LogP contribution in [0.4, 0.5) is 5.69 Å². The van der Waals surface area contributed by atoms with Crippen molar-refractivity contribution in [1.82, 2.24) is 4.90 Å². The number of carbonyl (C=O) groups excluding carboxylic acids is 1. The summed E-state index contributed by atoms with van der Waals surface area (Å²) in [4.78, 5) is 15.0. The number of hydrogen-bond donors (Lipinski definition) is 1. The zero-order valence-electron chi connectivity index (χ0n) is 16.6. The Bertz CT molecular complexity index is 877. The molecule has 2 aromatic carbocycles. The fraction of sp³-hybridized carbons (Fsp3) is 0.409. The zero-order valence-corrected chi connectivity index (χ0v) is 17.4. The van der Waals surface area contributed by atoms with Gasteiger partial charge in [0.05, 0.1) is 22.9 Å². The van der Waals surface area contributed by atoms with Gasteiger partial charge in [-0.2, -0.15) is 0 Å². The molecule has 1 amide bonds. The normalized spacial score (nSPS) is 21.6. The molecule has 154 valence electrons. The van der Waals surface area contributed by atoms with Gasteiger partial charge in [0.25, 0.3) is 5.91 Å². The van der Waals surface area contributed by atoms with Crippen LogP contribution in [-0.2, 0) is 11.3 Å². The van der Waals surface area contributed by atoms with E-state index in [0.717, 1.165) is 19.6 Å². The van der Waals surface area contributed by atoms with Gasteiger partial charge in [-0.05, 0) is 31.5 Å². The summed E-state index contributed by atoms with van der Waals surface area (Å²) in [6, 6.07) is 11.0. The average Bonchev–Trinajstić information content (AvgIpc) is 2.68. The fourth-order valence-corrected chi connectivity index (χ4v) is 3.99. The van der Waals surface area contributed by atoms with Crippen molar-refractivity contribution in [2.24, 2.45) is 0 Å². The number of nitrogens with zero attached hydrogens (tertiary/aromatic N) is 1. The Morgan fingerprint density at radius 3 is 2.34 bits per heavy atom. The van der Waals surface area contributed by atoms with Crippen LogP contribution in [-0.4, -0.2) is 49.3 Å². The van der Waals surface area contributed by atoms with Crippen LogP contribution in [0.3, 0.4) is 0 Å². The van der Waals surface area contributed by atoms with Crippen molar-refractivity contribution in [2.45, 2.75) is 32.6 Å². The summed E-state index contributed by atoms with van der Waals surface area (Å²) in [5.74, 6) is 0.958. The summed E-state index contributed by atoms with van der Waals surface area (Å²) < 4.78 is 16.8. The molecule has 0 unspecified atom stereocenters. The molecule has 4 rings (SSSR count). The first-order valence-corrected chi connectivity index (χ1v) is 10.2. The van der Waals surface area contributed by atoms with E-state index in [1.54, 1.807) is 12.1 Å². The van der Waals surface area contributed by atoms with Gasteiger partial charge in [0.15, 0.2) is 11.5 Å². The van der Waals surface area contributed by atoms with E-state index in [-0.39, 0.29) is 18.1 Å². The Morgan fingerprint density at radius 2 is 1.69 bits per heavy atom. The Balaban J connectivity index is 1.41. The SMILES string of the molecule is C[C@@H]1CN(Cc2ccc(C(=O)Nc3cc4c(cc3Cl)OCCO4)cc2)C[C@@H](C)O1. The van der Waals surface area contributed by atoms with Crippen LogP contribution in [0.2, 0.25) is 5.02 Å². The lowest BCUT2D eigenvalue weighted by Gasteiger charge is -2.35. The highest BCUT2D eigenvalue weighted by Gasteiger charge is 2.22. The number of amides is 1. The third-order valence-corrected chi connectivity index (χ3v) is 5.31. The predicted molar refractivity (Wildman–Crippen MR) is 112 cm³/mol. The van der Waals surface area contributed by atoms with Crippen molar-refractivity contribution in [3.63, 3.8) is 0 Å². The van der Waals surface area contributed by atoms with Crippen molar-refractivity contribution in [1.29, 1.82) is 0 Å². The molecule has 1 N–H and O–H groups in total. The number of halogens is 1. The van der Waals surface area contributed by atoms with Crippen LogP contribution in [0.25, 0.3) is 0 Å². The molecule has 0 spiro atoms. The molecule has 0 saturated carbocycles. The maximum Gasteiger partial charge on any atom is 0.255 e. The number of ether oxygens (including phenoxy) is 3. The molecule has 0 aliphatic carbocycles. The lowest BCUT2D eigenvalue weighted by atomic mass is 10.1. The molecule has 2 heterocycles. The maximum absolute atomic E-state index is 12.7. The molecule has 2 aromatic rings. The van der Waals surface area contributed by atoms with Crippen LogP contribution in [0, 0.1) is 0 Å². The van der Waals surface area contributed by atoms with Crippen LogP contribution in [0.15, 0.2) is 36.4 Å². The fourth-order valence-electron chi connectivity index (χ4n) is 3.79. The van der Waals surface area contributed by atoms with Gasteiger partial charge in [-0.1, -0.05) is 23.7 Å². The Labute approximate surface area is 175 Å². The van der Waals surface area contributed by atoms with Crippen LogP contribution >= 0.6 is 11.6 Å². The number of anilines is 1. The summed E-state index contributed by atoms with van der Waals surface area (Å²) in [5.41, 5.74) is 2.24. The van der Waals surface area contributed by atoms with Gasteiger partial charge in [0, 0.05) is 37.3 Å². The quantitative estimate of drug-likeness (QED) is 0.817. The highest BCUT2D eigenvalue weighted by molar-refractivity contribution is 6.34. The number of nitrogens with one attached hydrogen (secondary N) is 1. The Kier molecular flexibility index (Phi) is 5.94. The van der Waals surface area contributed by atoms with E-state index in [0.29, 0.717) is 41.0 Å². The van der Waals surface area contributed by atoms with E-state index in [1.807, 2.05) is 24.3 Å². The van der Waals surface area contributed by atoms with Gasteiger partial charge in [-0.3, -0.25) is 9.69 Å². The highest BCUT2D eigenvalue weighted by Crippen LogP contribution is 2.38. The van der Waals surface area contributed by atoms with Gasteiger partial charge in [0.2, 0.25) is 0 Å². The third-order valence-electron chi connectivity index (χ3n) is 5.00. The first-order valence-electron chi connectivity index (χ1n) is 9.85. The lowest BCUT2D eigenvalue weighted by Crippen LogP contribution is -2.44. The summed E-state index contributed by atoms with van der Waals surface area (Å²) in [6.45, 7) is 7.82. The van der Waals surface area contributed by atoms with E-state index in [2.05, 4.69) is 24.1 Å². The van der Waals surface area contributed by atoms with Gasteiger partial charge < -0.3 is 19.5 Å². The molecule has 2 aliphatic heterocycles. The van der Waals surface area contributed by atoms with Crippen LogP contribution < -0.4 is 14.8 Å². The van der Waals surface area contributed by atoms with Crippen molar-refractivity contribution >= 4 is 23.2 Å². The zero-order chi connectivity index (χ0) is 20.4. The van der Waals surface area contributed by atoms with Gasteiger partial charge >= 0.3 is 0 Å². The monoisotopic (exact) mass is 416 g/mol. The van der Waals surface area contributed by atoms with Gasteiger partial charge in [0.1, 0.15) is 13.2 Å². The summed E-state index contributed by atoms with van der Waals surface area (Å²) in [5, 5.41) is 3.27. The molecule has 29 heavy (non-hydrogen) atoms. The van der Waals surface area contributed by atoms with Crippen molar-refractivity contribution < 1.29 is 19.0 Å². The first-order chi connectivity index (χ1) is 14.0. The molecule has 2 aliphatic rings. The summed E-state index contributed by atoms with van der Waals surface area (Å²) in [6.07, 6.45) is 0.471. The average molecular weight is 417 g/mol. The number of carbonyl (C=O) groups is 1. The minimum atomic E-state index is -0.219. The van der Waals surface area contributed by atoms with E-state index < -0.39 is 0 Å². The maximum atomic E-state index is 12.7. The van der Waals surface area contributed by atoms with Gasteiger partial charge in [-0.15, -0.1) is 0 Å². The van der Waals surface area contributed by atoms with E-state index in [4.69, 9.17) is 25.8 Å². The number of hydrogen-bond acceptors (Lipinski definition) is 5. The molecule has 0 aromatic heterocycles. The van der Waals surface area contributed by atoms with E-state index >= 15 is 0 Å². The molecular formula is C22H25ClN2O4. The Hall–Kier alpha value is -2.28. The lowest BCUT2D eigenvalue weighted by molar-refractivity contribution is -0.0704. The minimum Gasteiger partial charge on any atom is -0.486 e. The minimum absolute atomic E-state index is 0.219. The predicted octanol–water partition coefficient (Wildman–Crippen LogP) is 3.97. The second-order valence-corrected chi connectivity index (χ2v) is 7.99. The van der Waals surface area contributed by atoms with Gasteiger partial charge in [-0.25, -0.2) is 0 Å². The van der Waals surface area contributed by atoms with Crippen molar-refractivity contribution in [3.05, 3.63) is 52.5 Å². The highest BCUT2D eigenvalue weighted by atomic mass is 35.5. The van der Waals surface area contributed by atoms with Crippen LogP contribution in [0.1, 0.15) is 29.8 Å². The third kappa shape index (κ3) is 4.83. The van der Waals surface area contributed by atoms with Crippen LogP contribution in [0.5, 0.6) is 11.5 Å². The number of fused-ring (bicyclic) bond motifs is 1. The Morgan fingerprint density at radius 1 is 1.07 bits per heavy atom. The summed E-state index contributed by atoms with van der Waals surface area (Å²) >= 11 is 6.28. The van der Waals surface area contributed by atoms with E-state index in [1.165, 1.54) is 5.56 Å². The smallest absolute Gasteiger partial charge is 0.255 e. The number of rotatable bonds is 4. The molecular weight excluding hydrogens is 392 g/mol. The second kappa shape index (κ2) is 8.61. The molecule has 0 bridgehead atoms. The molecule has 1 saturated heterocycles. The standard InChI is InChI=1S/C22H25ClN2O4/c1-14-11-25(12-15(2)29-14)13-16-3-5-17(6-4-16)22(26)24-19-10-21-20(9-18(19)23)27-7-8-28-21/h3-6,9-10,14-15H,7-8,11-13H2,1-2H3,(H,24,26)/t14-,15-/m1/s1. The number of benzene rings is 2. The van der Waals surface area contributed by atoms with E-state index in [9.17, 15) is 4.79 Å². The topological polar surface area (TPSA) is 60.0 Å².